The monoisotopic (exact) mass is 429 g/mol. The molecule has 1 aliphatic rings. The Bertz CT molecular complexity index is 566. The molecule has 0 spiro atoms. The van der Waals surface area contributed by atoms with Gasteiger partial charge in [-0.2, -0.15) is 0 Å². The zero-order chi connectivity index (χ0) is 22.1. The van der Waals surface area contributed by atoms with Crippen molar-refractivity contribution in [1.29, 1.82) is 0 Å². The Balaban J connectivity index is 3.08. The maximum Gasteiger partial charge on any atom is 0.310 e. The second-order valence-electron chi connectivity index (χ2n) is 11.0. The number of β-lactam (4-membered cyclic amide) rings is 1. The quantitative estimate of drug-likeness (QED) is 0.333. The summed E-state index contributed by atoms with van der Waals surface area (Å²) in [6.07, 6.45) is -0.149. The van der Waals surface area contributed by atoms with E-state index in [4.69, 9.17) is 9.16 Å². The van der Waals surface area contributed by atoms with Crippen LogP contribution < -0.4 is 0 Å². The molecular weight excluding hydrogens is 386 g/mol. The first-order valence-electron chi connectivity index (χ1n) is 10.7. The average Bonchev–Trinajstić information content (AvgIpc) is 2.49. The van der Waals surface area contributed by atoms with Gasteiger partial charge in [0.25, 0.3) is 0 Å². The molecule has 1 rings (SSSR count). The first kappa shape index (κ1) is 25.4. The van der Waals surface area contributed by atoms with Crippen LogP contribution in [0, 0.1) is 17.3 Å². The minimum atomic E-state index is -2.10. The lowest BCUT2D eigenvalue weighted by molar-refractivity contribution is -0.165. The van der Waals surface area contributed by atoms with Crippen molar-refractivity contribution in [1.82, 2.24) is 4.57 Å². The molecule has 0 aromatic rings. The number of rotatable bonds is 8. The summed E-state index contributed by atoms with van der Waals surface area (Å²) in [5.41, 5.74) is 0.250. The van der Waals surface area contributed by atoms with Crippen LogP contribution in [0.15, 0.2) is 0 Å². The summed E-state index contributed by atoms with van der Waals surface area (Å²) < 4.78 is 13.6. The highest BCUT2D eigenvalue weighted by Gasteiger charge is 2.61. The maximum absolute atomic E-state index is 13.3. The molecular formula is C21H43NO4Si2. The van der Waals surface area contributed by atoms with Crippen LogP contribution in [0.2, 0.25) is 24.2 Å². The zero-order valence-corrected chi connectivity index (χ0v) is 22.4. The number of hydrogen-bond donors (Lipinski definition) is 0. The Labute approximate surface area is 176 Å². The van der Waals surface area contributed by atoms with E-state index in [9.17, 15) is 9.59 Å². The summed E-state index contributed by atoms with van der Waals surface area (Å²) in [6, 6.07) is 0.938. The summed E-state index contributed by atoms with van der Waals surface area (Å²) in [7, 11) is -2.81. The van der Waals surface area contributed by atoms with Crippen LogP contribution in [0.3, 0.4) is 0 Å². The second-order valence-corrected chi connectivity index (χ2v) is 17.3. The van der Waals surface area contributed by atoms with Gasteiger partial charge in [0.2, 0.25) is 5.91 Å². The molecule has 28 heavy (non-hydrogen) atoms. The van der Waals surface area contributed by atoms with Crippen molar-refractivity contribution < 1.29 is 18.8 Å². The van der Waals surface area contributed by atoms with Gasteiger partial charge in [-0.25, -0.2) is 0 Å². The first-order chi connectivity index (χ1) is 12.6. The van der Waals surface area contributed by atoms with E-state index in [2.05, 4.69) is 59.2 Å². The molecule has 1 heterocycles. The van der Waals surface area contributed by atoms with Crippen molar-refractivity contribution >= 4 is 29.9 Å². The van der Waals surface area contributed by atoms with Gasteiger partial charge in [0, 0.05) is 0 Å². The molecule has 1 aliphatic heterocycles. The van der Waals surface area contributed by atoms with E-state index in [0.29, 0.717) is 6.61 Å². The smallest absolute Gasteiger partial charge is 0.310 e. The minimum absolute atomic E-state index is 0.0192. The van der Waals surface area contributed by atoms with Gasteiger partial charge in [-0.1, -0.05) is 54.6 Å². The van der Waals surface area contributed by atoms with Gasteiger partial charge in [0.05, 0.1) is 30.6 Å². The normalized spacial score (nSPS) is 23.7. The molecule has 5 nitrogen and oxygen atoms in total. The first-order valence-corrected chi connectivity index (χ1v) is 15.2. The van der Waals surface area contributed by atoms with E-state index >= 15 is 0 Å². The topological polar surface area (TPSA) is 55.8 Å². The van der Waals surface area contributed by atoms with Crippen LogP contribution in [-0.4, -0.2) is 53.2 Å². The third-order valence-electron chi connectivity index (χ3n) is 6.54. The van der Waals surface area contributed by atoms with E-state index in [1.165, 1.54) is 0 Å². The molecule has 0 aromatic carbocycles. The summed E-state index contributed by atoms with van der Waals surface area (Å²) >= 11 is 0. The highest BCUT2D eigenvalue weighted by molar-refractivity contribution is 6.80. The average molecular weight is 430 g/mol. The highest BCUT2D eigenvalue weighted by atomic mass is 28.3. The van der Waals surface area contributed by atoms with E-state index in [1.54, 1.807) is 0 Å². The summed E-state index contributed by atoms with van der Waals surface area (Å²) in [4.78, 5) is 25.8. The van der Waals surface area contributed by atoms with Crippen molar-refractivity contribution in [3.05, 3.63) is 0 Å². The van der Waals surface area contributed by atoms with Crippen molar-refractivity contribution in [2.24, 2.45) is 17.3 Å². The van der Waals surface area contributed by atoms with E-state index in [-0.39, 0.29) is 46.3 Å². The number of carbonyl (C=O) groups excluding carboxylic acids is 2. The lowest BCUT2D eigenvalue weighted by Crippen LogP contribution is -2.76. The number of carbonyl (C=O) groups is 2. The number of amides is 1. The third kappa shape index (κ3) is 5.48. The Morgan fingerprint density at radius 3 is 2.14 bits per heavy atom. The van der Waals surface area contributed by atoms with E-state index in [1.807, 2.05) is 20.8 Å². The van der Waals surface area contributed by atoms with Crippen LogP contribution in [0.4, 0.5) is 0 Å². The molecule has 1 saturated heterocycles. The lowest BCUT2D eigenvalue weighted by Gasteiger charge is -2.60. The van der Waals surface area contributed by atoms with E-state index < -0.39 is 18.0 Å². The molecule has 0 aliphatic carbocycles. The Hall–Kier alpha value is -0.666. The fourth-order valence-corrected chi connectivity index (χ4v) is 7.48. The van der Waals surface area contributed by atoms with Gasteiger partial charge < -0.3 is 13.7 Å². The Morgan fingerprint density at radius 2 is 1.71 bits per heavy atom. The molecule has 1 amide bonds. The van der Waals surface area contributed by atoms with Gasteiger partial charge in [0.15, 0.2) is 18.0 Å². The van der Waals surface area contributed by atoms with Crippen molar-refractivity contribution in [2.45, 2.75) is 98.6 Å². The third-order valence-corrected chi connectivity index (χ3v) is 14.4. The molecule has 1 fully saturated rings. The van der Waals surface area contributed by atoms with Crippen molar-refractivity contribution in [3.8, 4) is 0 Å². The summed E-state index contributed by atoms with van der Waals surface area (Å²) in [5, 5.41) is 0.0192. The molecule has 4 atom stereocenters. The van der Waals surface area contributed by atoms with Gasteiger partial charge in [0.1, 0.15) is 0 Å². The largest absolute Gasteiger partial charge is 0.466 e. The second kappa shape index (κ2) is 9.00. The number of ether oxygens (including phenoxy) is 1. The minimum Gasteiger partial charge on any atom is -0.466 e. The Morgan fingerprint density at radius 1 is 1.18 bits per heavy atom. The number of nitrogens with zero attached hydrogens (tertiary/aromatic N) is 1. The van der Waals surface area contributed by atoms with E-state index in [0.717, 1.165) is 6.04 Å². The van der Waals surface area contributed by atoms with Crippen LogP contribution >= 0.6 is 0 Å². The zero-order valence-electron chi connectivity index (χ0n) is 20.0. The predicted molar refractivity (Wildman–Crippen MR) is 120 cm³/mol. The maximum atomic E-state index is 13.3. The molecule has 0 saturated carbocycles. The molecule has 0 N–H and O–H groups in total. The lowest BCUT2D eigenvalue weighted by atomic mass is 9.79. The van der Waals surface area contributed by atoms with Gasteiger partial charge in [-0.15, -0.1) is 0 Å². The fraction of sp³-hybridized carbons (Fsp3) is 0.905. The molecule has 1 unspecified atom stereocenters. The van der Waals surface area contributed by atoms with Gasteiger partial charge in [-0.05, 0) is 37.3 Å². The van der Waals surface area contributed by atoms with Crippen LogP contribution in [0.25, 0.3) is 0 Å². The van der Waals surface area contributed by atoms with Crippen molar-refractivity contribution in [2.75, 3.05) is 6.61 Å². The van der Waals surface area contributed by atoms with Gasteiger partial charge in [-0.3, -0.25) is 9.59 Å². The molecule has 164 valence electrons. The summed E-state index contributed by atoms with van der Waals surface area (Å²) in [5.74, 6) is -0.647. The highest BCUT2D eigenvalue weighted by Crippen LogP contribution is 2.47. The van der Waals surface area contributed by atoms with Crippen molar-refractivity contribution in [3.63, 3.8) is 0 Å². The standard InChI is InChI=1S/C21H43NO4Si2/c1-12-25-19(24)14(2)17-16(15(3)26-27-13-20(4,5)6)18(23)22(17)28(10,11)21(7,8)9/h14-17H,12-13,27H2,1-11H3/t14?,15-,16-,17-/m1/s1. The van der Waals surface area contributed by atoms with Crippen LogP contribution in [-0.2, 0) is 18.8 Å². The SMILES string of the molecule is CCOC(=O)C(C)[C@@H]1[C@@H]([C@@H](C)O[SiH2]CC(C)(C)C)C(=O)N1[Si](C)(C)C(C)(C)C. The van der Waals surface area contributed by atoms with Crippen LogP contribution in [0.5, 0.6) is 0 Å². The molecule has 0 aromatic heterocycles. The van der Waals surface area contributed by atoms with Gasteiger partial charge >= 0.3 is 5.97 Å². The fourth-order valence-electron chi connectivity index (χ4n) is 3.62. The molecule has 7 heteroatoms. The molecule has 0 radical (unpaired) electrons. The number of esters is 1. The Kier molecular flexibility index (Phi) is 8.16. The molecule has 0 bridgehead atoms. The summed E-state index contributed by atoms with van der Waals surface area (Å²) in [6.45, 7) is 23.8. The number of hydrogen-bond acceptors (Lipinski definition) is 4. The van der Waals surface area contributed by atoms with Crippen LogP contribution in [0.1, 0.15) is 62.3 Å². The predicted octanol–water partition coefficient (Wildman–Crippen LogP) is 3.97.